The molecule has 0 spiro atoms. The zero-order valence-corrected chi connectivity index (χ0v) is 10.6. The van der Waals surface area contributed by atoms with E-state index in [1.165, 1.54) is 49.2 Å². The Morgan fingerprint density at radius 2 is 2.00 bits per heavy atom. The quantitative estimate of drug-likeness (QED) is 0.813. The molecule has 1 aliphatic heterocycles. The van der Waals surface area contributed by atoms with E-state index in [0.29, 0.717) is 6.61 Å². The number of hydrogen-bond donors (Lipinski definition) is 1. The number of aryl methyl sites for hydroxylation is 1. The number of rotatable bonds is 4. The first-order chi connectivity index (χ1) is 8.31. The number of hydrogen-bond acceptors (Lipinski definition) is 3. The molecule has 3 heteroatoms. The van der Waals surface area contributed by atoms with Gasteiger partial charge in [-0.3, -0.25) is 0 Å². The van der Waals surface area contributed by atoms with Crippen LogP contribution in [0, 0.1) is 6.92 Å². The molecule has 2 N–H and O–H groups in total. The van der Waals surface area contributed by atoms with Gasteiger partial charge in [-0.05, 0) is 44.2 Å². The standard InChI is InChI=1S/C14H22N2O/c1-12-5-6-14(13(11-12)7-10-17-15)16-8-3-2-4-9-16/h5-6,11H,2-4,7-10,15H2,1H3. The molecule has 0 unspecified atom stereocenters. The lowest BCUT2D eigenvalue weighted by atomic mass is 10.0. The van der Waals surface area contributed by atoms with Gasteiger partial charge >= 0.3 is 0 Å². The van der Waals surface area contributed by atoms with Crippen molar-refractivity contribution in [1.29, 1.82) is 0 Å². The number of benzene rings is 1. The van der Waals surface area contributed by atoms with Crippen molar-refractivity contribution in [2.45, 2.75) is 32.6 Å². The highest BCUT2D eigenvalue weighted by Gasteiger charge is 2.14. The van der Waals surface area contributed by atoms with E-state index < -0.39 is 0 Å². The molecule has 0 bridgehead atoms. The molecule has 1 heterocycles. The average molecular weight is 234 g/mol. The lowest BCUT2D eigenvalue weighted by Gasteiger charge is -2.30. The van der Waals surface area contributed by atoms with Crippen molar-refractivity contribution in [3.8, 4) is 0 Å². The molecule has 1 aliphatic rings. The summed E-state index contributed by atoms with van der Waals surface area (Å²) in [4.78, 5) is 7.20. The zero-order chi connectivity index (χ0) is 12.1. The Balaban J connectivity index is 2.18. The van der Waals surface area contributed by atoms with Gasteiger partial charge in [-0.1, -0.05) is 17.7 Å². The van der Waals surface area contributed by atoms with Gasteiger partial charge in [0.15, 0.2) is 0 Å². The molecule has 1 fully saturated rings. The molecule has 0 aliphatic carbocycles. The highest BCUT2D eigenvalue weighted by atomic mass is 16.6. The number of nitrogens with zero attached hydrogens (tertiary/aromatic N) is 1. The summed E-state index contributed by atoms with van der Waals surface area (Å²) in [6, 6.07) is 6.69. The fourth-order valence-corrected chi connectivity index (χ4v) is 2.53. The summed E-state index contributed by atoms with van der Waals surface area (Å²) in [5.74, 6) is 5.13. The average Bonchev–Trinajstić information content (AvgIpc) is 2.37. The highest BCUT2D eigenvalue weighted by molar-refractivity contribution is 5.55. The van der Waals surface area contributed by atoms with Crippen molar-refractivity contribution < 1.29 is 4.84 Å². The Kier molecular flexibility index (Phi) is 4.40. The minimum absolute atomic E-state index is 0.588. The van der Waals surface area contributed by atoms with Crippen LogP contribution >= 0.6 is 0 Å². The molecule has 0 radical (unpaired) electrons. The first kappa shape index (κ1) is 12.4. The van der Waals surface area contributed by atoms with Crippen LogP contribution in [0.15, 0.2) is 18.2 Å². The van der Waals surface area contributed by atoms with E-state index in [-0.39, 0.29) is 0 Å². The molecule has 0 atom stereocenters. The van der Waals surface area contributed by atoms with Crippen molar-refractivity contribution in [3.63, 3.8) is 0 Å². The topological polar surface area (TPSA) is 38.5 Å². The summed E-state index contributed by atoms with van der Waals surface area (Å²) in [5, 5.41) is 0. The minimum atomic E-state index is 0.588. The van der Waals surface area contributed by atoms with Crippen LogP contribution in [0.5, 0.6) is 0 Å². The van der Waals surface area contributed by atoms with Gasteiger partial charge in [0.1, 0.15) is 0 Å². The SMILES string of the molecule is Cc1ccc(N2CCCCC2)c(CCON)c1. The van der Waals surface area contributed by atoms with Crippen LogP contribution in [0.2, 0.25) is 0 Å². The molecule has 3 nitrogen and oxygen atoms in total. The molecule has 0 saturated carbocycles. The van der Waals surface area contributed by atoms with Crippen molar-refractivity contribution in [2.75, 3.05) is 24.6 Å². The second kappa shape index (κ2) is 6.03. The number of anilines is 1. The molecular weight excluding hydrogens is 212 g/mol. The number of piperidine rings is 1. The highest BCUT2D eigenvalue weighted by Crippen LogP contribution is 2.25. The van der Waals surface area contributed by atoms with Crippen LogP contribution < -0.4 is 10.8 Å². The Morgan fingerprint density at radius 3 is 2.71 bits per heavy atom. The maximum Gasteiger partial charge on any atom is 0.0720 e. The summed E-state index contributed by atoms with van der Waals surface area (Å²) in [6.45, 7) is 5.08. The van der Waals surface area contributed by atoms with Crippen LogP contribution in [0.25, 0.3) is 0 Å². The van der Waals surface area contributed by atoms with E-state index in [2.05, 4.69) is 30.0 Å². The van der Waals surface area contributed by atoms with Crippen molar-refractivity contribution >= 4 is 5.69 Å². The molecule has 1 saturated heterocycles. The lowest BCUT2D eigenvalue weighted by molar-refractivity contribution is 0.141. The summed E-state index contributed by atoms with van der Waals surface area (Å²) < 4.78 is 0. The van der Waals surface area contributed by atoms with Gasteiger partial charge < -0.3 is 9.74 Å². The molecule has 17 heavy (non-hydrogen) atoms. The zero-order valence-electron chi connectivity index (χ0n) is 10.6. The predicted octanol–water partition coefficient (Wildman–Crippen LogP) is 2.42. The Hall–Kier alpha value is -1.06. The Labute approximate surface area is 104 Å². The van der Waals surface area contributed by atoms with Crippen LogP contribution in [-0.4, -0.2) is 19.7 Å². The van der Waals surface area contributed by atoms with Gasteiger partial charge in [0.2, 0.25) is 0 Å². The summed E-state index contributed by atoms with van der Waals surface area (Å²) in [6.07, 6.45) is 4.87. The summed E-state index contributed by atoms with van der Waals surface area (Å²) >= 11 is 0. The van der Waals surface area contributed by atoms with E-state index >= 15 is 0 Å². The third-order valence-corrected chi connectivity index (χ3v) is 3.42. The van der Waals surface area contributed by atoms with Gasteiger partial charge in [-0.25, -0.2) is 5.90 Å². The second-order valence-electron chi connectivity index (χ2n) is 4.80. The Morgan fingerprint density at radius 1 is 1.24 bits per heavy atom. The van der Waals surface area contributed by atoms with Crippen molar-refractivity contribution in [3.05, 3.63) is 29.3 Å². The first-order valence-corrected chi connectivity index (χ1v) is 6.47. The van der Waals surface area contributed by atoms with E-state index in [4.69, 9.17) is 10.7 Å². The van der Waals surface area contributed by atoms with Crippen LogP contribution in [0.4, 0.5) is 5.69 Å². The van der Waals surface area contributed by atoms with Gasteiger partial charge in [0.25, 0.3) is 0 Å². The fraction of sp³-hybridized carbons (Fsp3) is 0.571. The molecule has 94 valence electrons. The second-order valence-corrected chi connectivity index (χ2v) is 4.80. The molecule has 1 aromatic carbocycles. The number of nitrogens with two attached hydrogens (primary N) is 1. The predicted molar refractivity (Wildman–Crippen MR) is 71.1 cm³/mol. The fourth-order valence-electron chi connectivity index (χ4n) is 2.53. The maximum atomic E-state index is 5.13. The van der Waals surface area contributed by atoms with E-state index in [1.54, 1.807) is 0 Å². The smallest absolute Gasteiger partial charge is 0.0720 e. The summed E-state index contributed by atoms with van der Waals surface area (Å²) in [5.41, 5.74) is 4.03. The molecular formula is C14H22N2O. The van der Waals surface area contributed by atoms with Gasteiger partial charge in [0, 0.05) is 18.8 Å². The summed E-state index contributed by atoms with van der Waals surface area (Å²) in [7, 11) is 0. The van der Waals surface area contributed by atoms with Crippen molar-refractivity contribution in [1.82, 2.24) is 0 Å². The first-order valence-electron chi connectivity index (χ1n) is 6.47. The van der Waals surface area contributed by atoms with Crippen LogP contribution in [-0.2, 0) is 11.3 Å². The van der Waals surface area contributed by atoms with E-state index in [0.717, 1.165) is 6.42 Å². The third kappa shape index (κ3) is 3.20. The van der Waals surface area contributed by atoms with Gasteiger partial charge in [0.05, 0.1) is 6.61 Å². The van der Waals surface area contributed by atoms with Gasteiger partial charge in [-0.15, -0.1) is 0 Å². The van der Waals surface area contributed by atoms with Crippen LogP contribution in [0.3, 0.4) is 0 Å². The largest absolute Gasteiger partial charge is 0.371 e. The van der Waals surface area contributed by atoms with Crippen molar-refractivity contribution in [2.24, 2.45) is 5.90 Å². The lowest BCUT2D eigenvalue weighted by Crippen LogP contribution is -2.30. The van der Waals surface area contributed by atoms with E-state index in [9.17, 15) is 0 Å². The third-order valence-electron chi connectivity index (χ3n) is 3.42. The Bertz CT molecular complexity index is 359. The molecule has 0 aromatic heterocycles. The maximum absolute atomic E-state index is 5.13. The molecule has 2 rings (SSSR count). The molecule has 1 aromatic rings. The van der Waals surface area contributed by atoms with Gasteiger partial charge in [-0.2, -0.15) is 0 Å². The minimum Gasteiger partial charge on any atom is -0.371 e. The molecule has 0 amide bonds. The monoisotopic (exact) mass is 234 g/mol. The van der Waals surface area contributed by atoms with Crippen LogP contribution in [0.1, 0.15) is 30.4 Å². The van der Waals surface area contributed by atoms with E-state index in [1.807, 2.05) is 0 Å². The normalized spacial score (nSPS) is 16.2.